The van der Waals surface area contributed by atoms with E-state index in [1.807, 2.05) is 12.1 Å². The van der Waals surface area contributed by atoms with Crippen molar-refractivity contribution in [3.05, 3.63) is 40.3 Å². The highest BCUT2D eigenvalue weighted by atomic mass is 79.9. The molecule has 0 saturated carbocycles. The molecule has 1 heterocycles. The Kier molecular flexibility index (Phi) is 3.41. The van der Waals surface area contributed by atoms with Crippen LogP contribution < -0.4 is 5.73 Å². The van der Waals surface area contributed by atoms with Gasteiger partial charge in [0.1, 0.15) is 16.1 Å². The fourth-order valence-electron chi connectivity index (χ4n) is 1.67. The summed E-state index contributed by atoms with van der Waals surface area (Å²) in [5.74, 6) is 0.924. The van der Waals surface area contributed by atoms with Crippen molar-refractivity contribution in [2.75, 3.05) is 6.54 Å². The molecular formula is C12H14BrN3. The summed E-state index contributed by atoms with van der Waals surface area (Å²) in [6.07, 6.45) is 0.768. The van der Waals surface area contributed by atoms with E-state index in [0.29, 0.717) is 6.54 Å². The van der Waals surface area contributed by atoms with E-state index >= 15 is 0 Å². The van der Waals surface area contributed by atoms with Crippen LogP contribution in [0.4, 0.5) is 0 Å². The van der Waals surface area contributed by atoms with Crippen molar-refractivity contribution in [1.82, 2.24) is 9.97 Å². The summed E-state index contributed by atoms with van der Waals surface area (Å²) in [5.41, 5.74) is 8.84. The maximum Gasteiger partial charge on any atom is 0.110 e. The quantitative estimate of drug-likeness (QED) is 0.908. The SMILES string of the molecule is Cc1ccccc1-c1nc(CCN)[nH]c1Br. The average Bonchev–Trinajstić information content (AvgIpc) is 2.61. The monoisotopic (exact) mass is 279 g/mol. The normalized spacial score (nSPS) is 10.7. The van der Waals surface area contributed by atoms with E-state index in [-0.39, 0.29) is 0 Å². The number of aromatic amines is 1. The summed E-state index contributed by atoms with van der Waals surface area (Å²) < 4.78 is 0.922. The van der Waals surface area contributed by atoms with Gasteiger partial charge in [-0.2, -0.15) is 0 Å². The van der Waals surface area contributed by atoms with Crippen LogP contribution in [0, 0.1) is 6.92 Å². The molecule has 1 aromatic carbocycles. The first-order valence-corrected chi connectivity index (χ1v) is 6.02. The molecule has 0 atom stereocenters. The Hall–Kier alpha value is -1.13. The summed E-state index contributed by atoms with van der Waals surface area (Å²) in [6, 6.07) is 8.20. The summed E-state index contributed by atoms with van der Waals surface area (Å²) in [6.45, 7) is 2.69. The van der Waals surface area contributed by atoms with Crippen molar-refractivity contribution in [3.63, 3.8) is 0 Å². The minimum absolute atomic E-state index is 0.604. The first-order valence-electron chi connectivity index (χ1n) is 5.23. The molecule has 16 heavy (non-hydrogen) atoms. The molecule has 0 aliphatic carbocycles. The Balaban J connectivity index is 2.44. The van der Waals surface area contributed by atoms with Crippen molar-refractivity contribution >= 4 is 15.9 Å². The molecule has 3 N–H and O–H groups in total. The lowest BCUT2D eigenvalue weighted by Crippen LogP contribution is -2.03. The fourth-order valence-corrected chi connectivity index (χ4v) is 2.20. The number of hydrogen-bond donors (Lipinski definition) is 2. The Morgan fingerprint density at radius 3 is 2.81 bits per heavy atom. The molecule has 0 unspecified atom stereocenters. The molecule has 0 amide bonds. The number of aromatic nitrogens is 2. The highest BCUT2D eigenvalue weighted by molar-refractivity contribution is 9.10. The van der Waals surface area contributed by atoms with Crippen LogP contribution in [0.5, 0.6) is 0 Å². The fraction of sp³-hybridized carbons (Fsp3) is 0.250. The molecule has 3 nitrogen and oxygen atoms in total. The van der Waals surface area contributed by atoms with Crippen molar-refractivity contribution in [2.24, 2.45) is 5.73 Å². The summed E-state index contributed by atoms with van der Waals surface area (Å²) in [5, 5.41) is 0. The topological polar surface area (TPSA) is 54.7 Å². The maximum absolute atomic E-state index is 5.51. The molecule has 0 aliphatic rings. The van der Waals surface area contributed by atoms with Gasteiger partial charge in [0.15, 0.2) is 0 Å². The van der Waals surface area contributed by atoms with E-state index in [0.717, 1.165) is 28.1 Å². The van der Waals surface area contributed by atoms with Crippen molar-refractivity contribution in [2.45, 2.75) is 13.3 Å². The van der Waals surface area contributed by atoms with Gasteiger partial charge in [-0.25, -0.2) is 4.98 Å². The Bertz CT molecular complexity index is 491. The number of H-pyrrole nitrogens is 1. The van der Waals surface area contributed by atoms with Crippen LogP contribution in [0.15, 0.2) is 28.9 Å². The van der Waals surface area contributed by atoms with Gasteiger partial charge in [-0.05, 0) is 35.0 Å². The lowest BCUT2D eigenvalue weighted by atomic mass is 10.1. The predicted octanol–water partition coefficient (Wildman–Crippen LogP) is 2.65. The highest BCUT2D eigenvalue weighted by Crippen LogP contribution is 2.28. The maximum atomic E-state index is 5.51. The standard InChI is InChI=1S/C12H14BrN3/c1-8-4-2-3-5-9(8)11-12(13)16-10(15-11)6-7-14/h2-5H,6-7,14H2,1H3,(H,15,16). The summed E-state index contributed by atoms with van der Waals surface area (Å²) >= 11 is 3.50. The average molecular weight is 280 g/mol. The highest BCUT2D eigenvalue weighted by Gasteiger charge is 2.11. The number of rotatable bonds is 3. The number of aryl methyl sites for hydroxylation is 1. The van der Waals surface area contributed by atoms with E-state index in [1.54, 1.807) is 0 Å². The lowest BCUT2D eigenvalue weighted by molar-refractivity contribution is 0.893. The van der Waals surface area contributed by atoms with Crippen LogP contribution in [0.2, 0.25) is 0 Å². The lowest BCUT2D eigenvalue weighted by Gasteiger charge is -2.01. The number of halogens is 1. The zero-order chi connectivity index (χ0) is 11.5. The molecule has 0 radical (unpaired) electrons. The van der Waals surface area contributed by atoms with Gasteiger partial charge in [0.25, 0.3) is 0 Å². The summed E-state index contributed by atoms with van der Waals surface area (Å²) in [4.78, 5) is 7.74. The summed E-state index contributed by atoms with van der Waals surface area (Å²) in [7, 11) is 0. The number of imidazole rings is 1. The molecule has 0 spiro atoms. The van der Waals surface area contributed by atoms with Gasteiger partial charge < -0.3 is 10.7 Å². The zero-order valence-corrected chi connectivity index (χ0v) is 10.7. The van der Waals surface area contributed by atoms with Crippen LogP contribution in [0.25, 0.3) is 11.3 Å². The molecule has 0 aliphatic heterocycles. The second kappa shape index (κ2) is 4.80. The van der Waals surface area contributed by atoms with Gasteiger partial charge in [0, 0.05) is 12.0 Å². The van der Waals surface area contributed by atoms with Gasteiger partial charge >= 0.3 is 0 Å². The van der Waals surface area contributed by atoms with Crippen molar-refractivity contribution < 1.29 is 0 Å². The third kappa shape index (κ3) is 2.18. The van der Waals surface area contributed by atoms with Gasteiger partial charge in [-0.15, -0.1) is 0 Å². The first kappa shape index (κ1) is 11.4. The number of benzene rings is 1. The Morgan fingerprint density at radius 2 is 2.12 bits per heavy atom. The van der Waals surface area contributed by atoms with E-state index in [2.05, 4.69) is 45.0 Å². The second-order valence-corrected chi connectivity index (χ2v) is 4.49. The van der Waals surface area contributed by atoms with E-state index < -0.39 is 0 Å². The first-order chi connectivity index (χ1) is 7.72. The van der Waals surface area contributed by atoms with Crippen LogP contribution in [-0.2, 0) is 6.42 Å². The predicted molar refractivity (Wildman–Crippen MR) is 69.2 cm³/mol. The van der Waals surface area contributed by atoms with E-state index in [1.165, 1.54) is 5.56 Å². The van der Waals surface area contributed by atoms with Crippen LogP contribution >= 0.6 is 15.9 Å². The molecule has 0 bridgehead atoms. The van der Waals surface area contributed by atoms with Crippen molar-refractivity contribution in [1.29, 1.82) is 0 Å². The molecule has 2 rings (SSSR count). The van der Waals surface area contributed by atoms with Gasteiger partial charge in [-0.1, -0.05) is 24.3 Å². The van der Waals surface area contributed by atoms with Crippen LogP contribution in [0.1, 0.15) is 11.4 Å². The molecule has 4 heteroatoms. The molecule has 84 valence electrons. The third-order valence-corrected chi connectivity index (χ3v) is 3.06. The molecular weight excluding hydrogens is 266 g/mol. The third-order valence-electron chi connectivity index (χ3n) is 2.49. The van der Waals surface area contributed by atoms with Gasteiger partial charge in [0.05, 0.1) is 0 Å². The zero-order valence-electron chi connectivity index (χ0n) is 9.13. The molecule has 0 saturated heterocycles. The number of hydrogen-bond acceptors (Lipinski definition) is 2. The minimum atomic E-state index is 0.604. The molecule has 2 aromatic rings. The molecule has 1 aromatic heterocycles. The Morgan fingerprint density at radius 1 is 1.38 bits per heavy atom. The number of nitrogens with zero attached hydrogens (tertiary/aromatic N) is 1. The minimum Gasteiger partial charge on any atom is -0.336 e. The number of nitrogens with one attached hydrogen (secondary N) is 1. The van der Waals surface area contributed by atoms with Crippen molar-refractivity contribution in [3.8, 4) is 11.3 Å². The van der Waals surface area contributed by atoms with E-state index in [9.17, 15) is 0 Å². The largest absolute Gasteiger partial charge is 0.336 e. The smallest absolute Gasteiger partial charge is 0.110 e. The second-order valence-electron chi connectivity index (χ2n) is 3.70. The van der Waals surface area contributed by atoms with Crippen LogP contribution in [-0.4, -0.2) is 16.5 Å². The Labute approximate surface area is 103 Å². The molecule has 0 fully saturated rings. The van der Waals surface area contributed by atoms with Crippen LogP contribution in [0.3, 0.4) is 0 Å². The van der Waals surface area contributed by atoms with E-state index in [4.69, 9.17) is 5.73 Å². The van der Waals surface area contributed by atoms with Gasteiger partial charge in [0.2, 0.25) is 0 Å². The van der Waals surface area contributed by atoms with Gasteiger partial charge in [-0.3, -0.25) is 0 Å². The number of nitrogens with two attached hydrogens (primary N) is 1.